The van der Waals surface area contributed by atoms with Crippen molar-refractivity contribution >= 4 is 11.8 Å². The lowest BCUT2D eigenvalue weighted by Gasteiger charge is -2.15. The first-order valence-electron chi connectivity index (χ1n) is 7.25. The van der Waals surface area contributed by atoms with E-state index in [4.69, 9.17) is 0 Å². The highest BCUT2D eigenvalue weighted by Gasteiger charge is 2.15. The van der Waals surface area contributed by atoms with Gasteiger partial charge in [-0.2, -0.15) is 0 Å². The summed E-state index contributed by atoms with van der Waals surface area (Å²) in [6, 6.07) is 5.00. The lowest BCUT2D eigenvalue weighted by Crippen LogP contribution is -2.38. The highest BCUT2D eigenvalue weighted by Crippen LogP contribution is 2.15. The highest BCUT2D eigenvalue weighted by molar-refractivity contribution is 5.96. The summed E-state index contributed by atoms with van der Waals surface area (Å²) in [6.45, 7) is 1.08. The van der Waals surface area contributed by atoms with Crippen LogP contribution in [-0.4, -0.2) is 18.4 Å². The molecule has 0 heterocycles. The second-order valence-corrected chi connectivity index (χ2v) is 5.27. The van der Waals surface area contributed by atoms with Crippen LogP contribution in [0.1, 0.15) is 28.9 Å². The molecule has 0 saturated heterocycles. The van der Waals surface area contributed by atoms with Gasteiger partial charge in [-0.05, 0) is 36.8 Å². The maximum Gasteiger partial charge on any atom is 0.254 e. The number of halogens is 4. The largest absolute Gasteiger partial charge is 0.348 e. The minimum absolute atomic E-state index is 0.336. The normalized spacial score (nSPS) is 11.7. The zero-order chi connectivity index (χ0) is 18.6. The molecule has 0 aliphatic heterocycles. The Hall–Kier alpha value is -2.90. The van der Waals surface area contributed by atoms with E-state index in [1.807, 2.05) is 0 Å². The Balaban J connectivity index is 1.91. The standard InChI is InChI=1S/C17H14F4N2O2/c1-9(10-2-5-13(19)15(21)6-10)23-16(24)8-22-17(25)12-4-3-11(18)7-14(12)20/h2-7,9H,8H2,1H3,(H,22,25)(H,23,24). The summed E-state index contributed by atoms with van der Waals surface area (Å²) in [6.07, 6.45) is 0. The van der Waals surface area contributed by atoms with Crippen molar-refractivity contribution in [2.45, 2.75) is 13.0 Å². The van der Waals surface area contributed by atoms with Crippen molar-refractivity contribution in [1.29, 1.82) is 0 Å². The number of carbonyl (C=O) groups excluding carboxylic acids is 2. The smallest absolute Gasteiger partial charge is 0.254 e. The number of amides is 2. The molecule has 0 aliphatic rings. The first-order chi connectivity index (χ1) is 11.8. The summed E-state index contributed by atoms with van der Waals surface area (Å²) in [5.74, 6) is -5.42. The van der Waals surface area contributed by atoms with Gasteiger partial charge in [0.25, 0.3) is 5.91 Å². The van der Waals surface area contributed by atoms with E-state index in [1.54, 1.807) is 6.92 Å². The molecular weight excluding hydrogens is 340 g/mol. The van der Waals surface area contributed by atoms with E-state index in [-0.39, 0.29) is 0 Å². The Labute approximate surface area is 140 Å². The fourth-order valence-electron chi connectivity index (χ4n) is 2.09. The van der Waals surface area contributed by atoms with E-state index in [9.17, 15) is 27.2 Å². The minimum Gasteiger partial charge on any atom is -0.348 e. The van der Waals surface area contributed by atoms with Gasteiger partial charge >= 0.3 is 0 Å². The number of benzene rings is 2. The molecule has 0 aliphatic carbocycles. The molecule has 2 amide bonds. The Kier molecular flexibility index (Phi) is 5.74. The van der Waals surface area contributed by atoms with E-state index >= 15 is 0 Å². The SMILES string of the molecule is CC(NC(=O)CNC(=O)c1ccc(F)cc1F)c1ccc(F)c(F)c1. The first kappa shape index (κ1) is 18.4. The molecule has 4 nitrogen and oxygen atoms in total. The predicted molar refractivity (Wildman–Crippen MR) is 81.6 cm³/mol. The van der Waals surface area contributed by atoms with Gasteiger partial charge in [-0.1, -0.05) is 6.07 Å². The fraction of sp³-hybridized carbons (Fsp3) is 0.176. The lowest BCUT2D eigenvalue weighted by molar-refractivity contribution is -0.120. The molecule has 1 unspecified atom stereocenters. The molecule has 0 saturated carbocycles. The third kappa shape index (κ3) is 4.79. The van der Waals surface area contributed by atoms with Crippen LogP contribution in [0.3, 0.4) is 0 Å². The molecule has 0 spiro atoms. The number of hydrogen-bond donors (Lipinski definition) is 2. The Morgan fingerprint density at radius 2 is 1.68 bits per heavy atom. The van der Waals surface area contributed by atoms with Gasteiger partial charge in [0.05, 0.1) is 18.2 Å². The average molecular weight is 354 g/mol. The summed E-state index contributed by atoms with van der Waals surface area (Å²) < 4.78 is 52.3. The first-order valence-corrected chi connectivity index (χ1v) is 7.25. The second-order valence-electron chi connectivity index (χ2n) is 5.27. The molecule has 2 rings (SSSR count). The zero-order valence-corrected chi connectivity index (χ0v) is 13.1. The van der Waals surface area contributed by atoms with Crippen molar-refractivity contribution in [2.75, 3.05) is 6.54 Å². The Morgan fingerprint density at radius 1 is 0.960 bits per heavy atom. The van der Waals surface area contributed by atoms with Gasteiger partial charge in [-0.3, -0.25) is 9.59 Å². The number of nitrogens with one attached hydrogen (secondary N) is 2. The third-order valence-corrected chi connectivity index (χ3v) is 3.41. The van der Waals surface area contributed by atoms with E-state index in [2.05, 4.69) is 10.6 Å². The van der Waals surface area contributed by atoms with Crippen LogP contribution >= 0.6 is 0 Å². The van der Waals surface area contributed by atoms with E-state index in [1.165, 1.54) is 6.07 Å². The van der Waals surface area contributed by atoms with Gasteiger partial charge in [0, 0.05) is 6.07 Å². The molecule has 0 bridgehead atoms. The van der Waals surface area contributed by atoms with Crippen molar-refractivity contribution in [3.8, 4) is 0 Å². The molecule has 2 aromatic rings. The van der Waals surface area contributed by atoms with Crippen molar-refractivity contribution in [3.63, 3.8) is 0 Å². The minimum atomic E-state index is -1.05. The monoisotopic (exact) mass is 354 g/mol. The zero-order valence-electron chi connectivity index (χ0n) is 13.1. The quantitative estimate of drug-likeness (QED) is 0.812. The van der Waals surface area contributed by atoms with E-state index in [0.29, 0.717) is 11.6 Å². The summed E-state index contributed by atoms with van der Waals surface area (Å²) in [7, 11) is 0. The third-order valence-electron chi connectivity index (χ3n) is 3.41. The summed E-state index contributed by atoms with van der Waals surface area (Å²) in [5.41, 5.74) is -0.0639. The van der Waals surface area contributed by atoms with Gasteiger partial charge in [0.2, 0.25) is 5.91 Å². The number of carbonyl (C=O) groups is 2. The maximum atomic E-state index is 13.5. The van der Waals surface area contributed by atoms with Crippen LogP contribution in [-0.2, 0) is 4.79 Å². The molecule has 132 valence electrons. The molecule has 2 aromatic carbocycles. The van der Waals surface area contributed by atoms with Crippen LogP contribution in [0, 0.1) is 23.3 Å². The molecule has 0 fully saturated rings. The summed E-state index contributed by atoms with van der Waals surface area (Å²) in [5, 5.41) is 4.67. The summed E-state index contributed by atoms with van der Waals surface area (Å²) >= 11 is 0. The molecule has 1 atom stereocenters. The fourth-order valence-corrected chi connectivity index (χ4v) is 2.09. The van der Waals surface area contributed by atoms with Crippen molar-refractivity contribution in [3.05, 3.63) is 70.8 Å². The molecule has 0 radical (unpaired) electrons. The second kappa shape index (κ2) is 7.78. The van der Waals surface area contributed by atoms with Crippen molar-refractivity contribution in [1.82, 2.24) is 10.6 Å². The summed E-state index contributed by atoms with van der Waals surface area (Å²) in [4.78, 5) is 23.6. The Morgan fingerprint density at radius 3 is 2.32 bits per heavy atom. The molecule has 0 aromatic heterocycles. The molecule has 25 heavy (non-hydrogen) atoms. The van der Waals surface area contributed by atoms with Crippen LogP contribution in [0.15, 0.2) is 36.4 Å². The molecular formula is C17H14F4N2O2. The van der Waals surface area contributed by atoms with Crippen molar-refractivity contribution in [2.24, 2.45) is 0 Å². The van der Waals surface area contributed by atoms with Crippen molar-refractivity contribution < 1.29 is 27.2 Å². The molecule has 2 N–H and O–H groups in total. The van der Waals surface area contributed by atoms with Gasteiger partial charge in [0.15, 0.2) is 11.6 Å². The Bertz CT molecular complexity index is 811. The van der Waals surface area contributed by atoms with Crippen LogP contribution in [0.2, 0.25) is 0 Å². The van der Waals surface area contributed by atoms with E-state index in [0.717, 1.165) is 24.3 Å². The van der Waals surface area contributed by atoms with Gasteiger partial charge in [0.1, 0.15) is 11.6 Å². The maximum absolute atomic E-state index is 13.5. The topological polar surface area (TPSA) is 58.2 Å². The van der Waals surface area contributed by atoms with Crippen LogP contribution in [0.5, 0.6) is 0 Å². The number of hydrogen-bond acceptors (Lipinski definition) is 2. The van der Waals surface area contributed by atoms with Crippen LogP contribution in [0.25, 0.3) is 0 Å². The predicted octanol–water partition coefficient (Wildman–Crippen LogP) is 2.85. The lowest BCUT2D eigenvalue weighted by atomic mass is 10.1. The van der Waals surface area contributed by atoms with Crippen LogP contribution in [0.4, 0.5) is 17.6 Å². The highest BCUT2D eigenvalue weighted by atomic mass is 19.2. The van der Waals surface area contributed by atoms with Gasteiger partial charge < -0.3 is 10.6 Å². The van der Waals surface area contributed by atoms with Gasteiger partial charge in [-0.15, -0.1) is 0 Å². The van der Waals surface area contributed by atoms with E-state index < -0.39 is 53.2 Å². The van der Waals surface area contributed by atoms with Gasteiger partial charge in [-0.25, -0.2) is 17.6 Å². The number of rotatable bonds is 5. The van der Waals surface area contributed by atoms with Crippen LogP contribution < -0.4 is 10.6 Å². The molecule has 8 heteroatoms. The average Bonchev–Trinajstić information content (AvgIpc) is 2.55.